The minimum Gasteiger partial charge on any atom is -0.858 e. The fourth-order valence-electron chi connectivity index (χ4n) is 3.59. The van der Waals surface area contributed by atoms with Crippen LogP contribution in [0.1, 0.15) is 104 Å². The molecule has 0 fully saturated rings. The summed E-state index contributed by atoms with van der Waals surface area (Å²) in [7, 11) is -3.97. The van der Waals surface area contributed by atoms with Crippen molar-refractivity contribution in [3.05, 3.63) is 42.4 Å². The molecule has 1 aromatic heterocycles. The number of unbranched alkanes of at least 4 members (excludes halogenated alkanes) is 13. The Morgan fingerprint density at radius 1 is 0.812 bits per heavy atom. The number of pyridine rings is 1. The molecular weight excluding hydrogens is 424 g/mol. The van der Waals surface area contributed by atoms with Crippen molar-refractivity contribution >= 4 is 16.2 Å². The van der Waals surface area contributed by atoms with E-state index in [-0.39, 0.29) is 5.76 Å². The van der Waals surface area contributed by atoms with E-state index in [1.807, 2.05) is 0 Å². The lowest BCUT2D eigenvalue weighted by Crippen LogP contribution is -2.32. The number of hydrogen-bond donors (Lipinski definition) is 0. The first-order valence-electron chi connectivity index (χ1n) is 12.3. The third-order valence-electron chi connectivity index (χ3n) is 5.31. The Hall–Kier alpha value is -1.89. The van der Waals surface area contributed by atoms with Gasteiger partial charge in [-0.15, -0.1) is 4.40 Å². The Balaban J connectivity index is 0.000000425. The maximum Gasteiger partial charge on any atom is 0.427 e. The van der Waals surface area contributed by atoms with Gasteiger partial charge in [0.25, 0.3) is 0 Å². The van der Waals surface area contributed by atoms with Crippen LogP contribution in [0.5, 0.6) is 0 Å². The van der Waals surface area contributed by atoms with Crippen LogP contribution in [-0.4, -0.2) is 14.3 Å². The summed E-state index contributed by atoms with van der Waals surface area (Å²) >= 11 is 0. The van der Waals surface area contributed by atoms with Crippen LogP contribution in [0.25, 0.3) is 0 Å². The summed E-state index contributed by atoms with van der Waals surface area (Å²) in [6.07, 6.45) is 25.4. The highest BCUT2D eigenvalue weighted by molar-refractivity contribution is 7.85. The van der Waals surface area contributed by atoms with Crippen molar-refractivity contribution in [3.63, 3.8) is 0 Å². The first-order valence-corrected chi connectivity index (χ1v) is 13.6. The second-order valence-electron chi connectivity index (χ2n) is 8.41. The lowest BCUT2D eigenvalue weighted by atomic mass is 10.0. The molecule has 32 heavy (non-hydrogen) atoms. The second-order valence-corrected chi connectivity index (χ2v) is 9.61. The van der Waals surface area contributed by atoms with Crippen LogP contribution < -0.4 is 9.67 Å². The molecule has 0 bridgehead atoms. The normalized spacial score (nSPS) is 14.6. The molecule has 1 aromatic rings. The van der Waals surface area contributed by atoms with Gasteiger partial charge in [-0.25, -0.2) is 4.57 Å². The predicted molar refractivity (Wildman–Crippen MR) is 128 cm³/mol. The zero-order valence-electron chi connectivity index (χ0n) is 20.0. The van der Waals surface area contributed by atoms with E-state index in [2.05, 4.69) is 50.7 Å². The van der Waals surface area contributed by atoms with Crippen molar-refractivity contribution in [2.75, 3.05) is 0 Å². The van der Waals surface area contributed by atoms with Crippen LogP contribution in [0.15, 0.2) is 46.8 Å². The summed E-state index contributed by atoms with van der Waals surface area (Å²) in [6, 6.07) is 6.31. The maximum atomic E-state index is 10.4. The highest BCUT2D eigenvalue weighted by atomic mass is 32.2. The Morgan fingerprint density at radius 3 is 1.72 bits per heavy atom. The van der Waals surface area contributed by atoms with E-state index in [9.17, 15) is 13.5 Å². The second kappa shape index (κ2) is 17.6. The minimum absolute atomic E-state index is 0.0417. The lowest BCUT2D eigenvalue weighted by Gasteiger charge is -2.12. The summed E-state index contributed by atoms with van der Waals surface area (Å²) in [5.41, 5.74) is 0. The van der Waals surface area contributed by atoms with Crippen molar-refractivity contribution in [1.29, 1.82) is 0 Å². The molecular formula is C25H42N2O4S. The molecule has 6 nitrogen and oxygen atoms in total. The van der Waals surface area contributed by atoms with E-state index in [1.54, 1.807) is 0 Å². The summed E-state index contributed by atoms with van der Waals surface area (Å²) < 4.78 is 30.0. The Kier molecular flexibility index (Phi) is 15.5. The molecule has 7 heteroatoms. The molecule has 1 aliphatic heterocycles. The molecule has 1 aliphatic rings. The van der Waals surface area contributed by atoms with Gasteiger partial charge in [0.05, 0.1) is 0 Å². The average molecular weight is 467 g/mol. The molecule has 0 amide bonds. The van der Waals surface area contributed by atoms with Crippen LogP contribution >= 0.6 is 0 Å². The number of hydrogen-bond acceptors (Lipinski definition) is 4. The van der Waals surface area contributed by atoms with Crippen molar-refractivity contribution in [2.24, 2.45) is 4.40 Å². The van der Waals surface area contributed by atoms with Gasteiger partial charge < -0.3 is 9.29 Å². The number of aryl methyl sites for hydroxylation is 1. The fourth-order valence-corrected chi connectivity index (χ4v) is 4.28. The molecule has 2 heterocycles. The summed E-state index contributed by atoms with van der Waals surface area (Å²) in [4.78, 5) is 0. The summed E-state index contributed by atoms with van der Waals surface area (Å²) in [5, 5.41) is 10.4. The number of nitrogens with zero attached hydrogens (tertiary/aromatic N) is 2. The quantitative estimate of drug-likeness (QED) is 0.257. The number of rotatable bonds is 15. The van der Waals surface area contributed by atoms with Crippen LogP contribution in [-0.2, 0) is 21.0 Å². The lowest BCUT2D eigenvalue weighted by molar-refractivity contribution is -0.697. The van der Waals surface area contributed by atoms with Crippen LogP contribution in [0, 0.1) is 0 Å². The van der Waals surface area contributed by atoms with Gasteiger partial charge in [0.15, 0.2) is 12.4 Å². The molecule has 0 saturated heterocycles. The number of allylic oxidation sites excluding steroid dienone is 1. The smallest absolute Gasteiger partial charge is 0.427 e. The van der Waals surface area contributed by atoms with E-state index in [0.717, 1.165) is 6.08 Å². The van der Waals surface area contributed by atoms with E-state index >= 15 is 0 Å². The molecule has 2 rings (SSSR count). The van der Waals surface area contributed by atoms with Crippen LogP contribution in [0.2, 0.25) is 0 Å². The summed E-state index contributed by atoms with van der Waals surface area (Å²) in [5.74, 6) is -0.760. The van der Waals surface area contributed by atoms with Crippen molar-refractivity contribution in [1.82, 2.24) is 0 Å². The highest BCUT2D eigenvalue weighted by Crippen LogP contribution is 2.13. The molecule has 0 N–H and O–H groups in total. The fraction of sp³-hybridized carbons (Fsp3) is 0.680. The SMILES string of the molecule is CC1=CC([O-])=NS(=O)(=O)O1.CCCCCCCCCCCCCCCC[n+]1ccccc1. The first kappa shape index (κ1) is 28.1. The van der Waals surface area contributed by atoms with E-state index < -0.39 is 16.2 Å². The maximum absolute atomic E-state index is 10.4. The van der Waals surface area contributed by atoms with Crippen molar-refractivity contribution < 1.29 is 22.3 Å². The third kappa shape index (κ3) is 15.8. The minimum atomic E-state index is -3.97. The van der Waals surface area contributed by atoms with E-state index in [4.69, 9.17) is 0 Å². The average Bonchev–Trinajstić information content (AvgIpc) is 2.73. The summed E-state index contributed by atoms with van der Waals surface area (Å²) in [6.45, 7) is 4.84. The third-order valence-corrected chi connectivity index (χ3v) is 6.19. The van der Waals surface area contributed by atoms with E-state index in [0.29, 0.717) is 0 Å². The van der Waals surface area contributed by atoms with Gasteiger partial charge in [0.2, 0.25) is 0 Å². The van der Waals surface area contributed by atoms with Crippen molar-refractivity contribution in [2.45, 2.75) is 110 Å². The molecule has 182 valence electrons. The molecule has 0 spiro atoms. The van der Waals surface area contributed by atoms with E-state index in [1.165, 1.54) is 103 Å². The molecule has 0 aromatic carbocycles. The molecule has 0 aliphatic carbocycles. The first-order chi connectivity index (χ1) is 15.4. The van der Waals surface area contributed by atoms with Crippen LogP contribution in [0.4, 0.5) is 0 Å². The highest BCUT2D eigenvalue weighted by Gasteiger charge is 2.12. The van der Waals surface area contributed by atoms with Gasteiger partial charge in [-0.3, -0.25) is 0 Å². The largest absolute Gasteiger partial charge is 0.858 e. The Labute approximate surface area is 195 Å². The zero-order valence-corrected chi connectivity index (χ0v) is 20.8. The van der Waals surface area contributed by atoms with Gasteiger partial charge in [-0.1, -0.05) is 90.0 Å². The van der Waals surface area contributed by atoms with Gasteiger partial charge in [0, 0.05) is 24.5 Å². The van der Waals surface area contributed by atoms with Crippen LogP contribution in [0.3, 0.4) is 0 Å². The van der Waals surface area contributed by atoms with Gasteiger partial charge in [-0.05, 0) is 19.4 Å². The van der Waals surface area contributed by atoms with Gasteiger partial charge in [0.1, 0.15) is 12.3 Å². The topological polar surface area (TPSA) is 82.7 Å². The Morgan fingerprint density at radius 2 is 1.28 bits per heavy atom. The molecule has 0 radical (unpaired) electrons. The standard InChI is InChI=1S/C21H38N.C4H5NO4S/c1-2-3-4-5-6-7-8-9-10-11-12-13-14-16-19-22-20-17-15-18-21-22;1-3-2-4(6)5-10(7,8)9-3/h15,17-18,20-21H,2-14,16,19H2,1H3;2H,1H3,(H,5,6)/q+1;/p-1. The molecule has 0 atom stereocenters. The Bertz CT molecular complexity index is 761. The molecule has 0 saturated carbocycles. The van der Waals surface area contributed by atoms with Crippen molar-refractivity contribution in [3.8, 4) is 0 Å². The molecule has 0 unspecified atom stereocenters. The predicted octanol–water partition coefficient (Wildman–Crippen LogP) is 5.38. The number of aromatic nitrogens is 1. The zero-order chi connectivity index (χ0) is 23.5. The monoisotopic (exact) mass is 466 g/mol. The van der Waals surface area contributed by atoms with Gasteiger partial charge in [-0.2, -0.15) is 8.42 Å². The van der Waals surface area contributed by atoms with Gasteiger partial charge >= 0.3 is 10.3 Å².